The van der Waals surface area contributed by atoms with Crippen molar-refractivity contribution < 1.29 is 0 Å². The van der Waals surface area contributed by atoms with Gasteiger partial charge >= 0.3 is 0 Å². The highest BCUT2D eigenvalue weighted by molar-refractivity contribution is 8.02. The van der Waals surface area contributed by atoms with E-state index in [1.807, 2.05) is 84.1 Å². The maximum absolute atomic E-state index is 7.45. The van der Waals surface area contributed by atoms with Crippen molar-refractivity contribution in [1.82, 2.24) is 0 Å². The van der Waals surface area contributed by atoms with Crippen molar-refractivity contribution >= 4 is 23.3 Å². The fourth-order valence-corrected chi connectivity index (χ4v) is 2.48. The lowest BCUT2D eigenvalue weighted by Gasteiger charge is -2.17. The molecule has 0 spiro atoms. The third kappa shape index (κ3) is 4.81. The van der Waals surface area contributed by atoms with E-state index in [2.05, 4.69) is 18.0 Å². The maximum Gasteiger partial charge on any atom is 0.103 e. The summed E-state index contributed by atoms with van der Waals surface area (Å²) in [5, 5.41) is 9.47. The quantitative estimate of drug-likeness (QED) is 0.456. The van der Waals surface area contributed by atoms with Crippen molar-refractivity contribution in [3.8, 4) is 0 Å². The summed E-state index contributed by atoms with van der Waals surface area (Å²) in [5.41, 5.74) is 1.74. The summed E-state index contributed by atoms with van der Waals surface area (Å²) in [7, 11) is 1.93. The lowest BCUT2D eigenvalue weighted by Crippen LogP contribution is -2.15. The zero-order valence-corrected chi connectivity index (χ0v) is 13.3. The van der Waals surface area contributed by atoms with Gasteiger partial charge < -0.3 is 4.90 Å². The number of para-hydroxylation sites is 1. The molecule has 2 rings (SSSR count). The van der Waals surface area contributed by atoms with Crippen LogP contribution in [0.2, 0.25) is 0 Å². The summed E-state index contributed by atoms with van der Waals surface area (Å²) < 4.78 is 0. The third-order valence-corrected chi connectivity index (χ3v) is 3.86. The molecule has 0 aromatic heterocycles. The molecule has 0 radical (unpaired) electrons. The summed E-state index contributed by atoms with van der Waals surface area (Å²) in [5.74, 6) is 2.47. The molecule has 3 heteroatoms. The number of hydrogen-bond donors (Lipinski definition) is 1. The molecular formula is C19H18N2S. The number of nitrogens with zero attached hydrogens (tertiary/aromatic N) is 1. The van der Waals surface area contributed by atoms with Crippen molar-refractivity contribution in [3.05, 3.63) is 90.0 Å². The molecule has 0 atom stereocenters. The average Bonchev–Trinajstić information content (AvgIpc) is 2.59. The van der Waals surface area contributed by atoms with E-state index >= 15 is 0 Å². The van der Waals surface area contributed by atoms with Crippen LogP contribution in [-0.4, -0.2) is 12.9 Å². The first kappa shape index (κ1) is 15.9. The SMILES string of the molecule is CN(C(=C=N)C=C/C=C/Sc1ccccc1)c1ccccc1. The van der Waals surface area contributed by atoms with E-state index in [1.54, 1.807) is 11.8 Å². The summed E-state index contributed by atoms with van der Waals surface area (Å²) in [6.07, 6.45) is 5.77. The van der Waals surface area contributed by atoms with Crippen LogP contribution in [-0.2, 0) is 0 Å². The van der Waals surface area contributed by atoms with Gasteiger partial charge in [0.2, 0.25) is 0 Å². The van der Waals surface area contributed by atoms with Gasteiger partial charge in [0.1, 0.15) is 5.70 Å². The number of hydrogen-bond acceptors (Lipinski definition) is 3. The fourth-order valence-electron chi connectivity index (χ4n) is 1.84. The number of thioether (sulfide) groups is 1. The van der Waals surface area contributed by atoms with Gasteiger partial charge in [-0.3, -0.25) is 5.41 Å². The average molecular weight is 306 g/mol. The second-order valence-corrected chi connectivity index (χ2v) is 5.50. The van der Waals surface area contributed by atoms with Crippen LogP contribution in [0, 0.1) is 5.41 Å². The minimum atomic E-state index is 0.709. The molecule has 2 nitrogen and oxygen atoms in total. The molecule has 0 aliphatic rings. The number of allylic oxidation sites excluding steroid dienone is 3. The van der Waals surface area contributed by atoms with Gasteiger partial charge in [0, 0.05) is 23.5 Å². The molecule has 0 saturated carbocycles. The van der Waals surface area contributed by atoms with Crippen molar-refractivity contribution in [3.63, 3.8) is 0 Å². The predicted octanol–water partition coefficient (Wildman–Crippen LogP) is 5.12. The number of likely N-dealkylation sites (N-methyl/N-ethyl adjacent to an activating group) is 1. The molecule has 2 aromatic carbocycles. The first-order valence-electron chi connectivity index (χ1n) is 6.94. The summed E-state index contributed by atoms with van der Waals surface area (Å²) in [6.45, 7) is 0. The molecule has 0 heterocycles. The standard InChI is InChI=1S/C19H18N2S/c1-21(17-10-4-2-5-11-17)18(16-20)12-8-9-15-22-19-13-6-3-7-14-19/h2-15,20H,1H3/b12-8?,15-9+. The van der Waals surface area contributed by atoms with Crippen LogP contribution in [0.5, 0.6) is 0 Å². The first-order chi connectivity index (χ1) is 10.8. The number of anilines is 1. The predicted molar refractivity (Wildman–Crippen MR) is 96.7 cm³/mol. The van der Waals surface area contributed by atoms with E-state index in [4.69, 9.17) is 5.41 Å². The maximum atomic E-state index is 7.45. The number of rotatable bonds is 6. The van der Waals surface area contributed by atoms with Crippen LogP contribution < -0.4 is 4.90 Å². The Balaban J connectivity index is 1.94. The van der Waals surface area contributed by atoms with Gasteiger partial charge in [-0.05, 0) is 35.7 Å². The second-order valence-electron chi connectivity index (χ2n) is 4.52. The lowest BCUT2D eigenvalue weighted by atomic mass is 10.2. The summed E-state index contributed by atoms with van der Waals surface area (Å²) in [4.78, 5) is 3.14. The highest BCUT2D eigenvalue weighted by Crippen LogP contribution is 2.18. The Morgan fingerprint density at radius 1 is 1.00 bits per heavy atom. The molecule has 0 unspecified atom stereocenters. The minimum absolute atomic E-state index is 0.709. The van der Waals surface area contributed by atoms with Crippen LogP contribution in [0.25, 0.3) is 0 Å². The monoisotopic (exact) mass is 306 g/mol. The molecule has 110 valence electrons. The Labute approximate surface area is 136 Å². The highest BCUT2D eigenvalue weighted by Gasteiger charge is 2.02. The summed E-state index contributed by atoms with van der Waals surface area (Å²) in [6, 6.07) is 20.2. The molecule has 0 saturated heterocycles. The fraction of sp³-hybridized carbons (Fsp3) is 0.0526. The largest absolute Gasteiger partial charge is 0.337 e. The molecule has 0 amide bonds. The van der Waals surface area contributed by atoms with Gasteiger partial charge in [-0.15, -0.1) is 0 Å². The number of nitrogens with one attached hydrogen (secondary N) is 1. The van der Waals surface area contributed by atoms with Crippen LogP contribution in [0.1, 0.15) is 0 Å². The smallest absolute Gasteiger partial charge is 0.103 e. The van der Waals surface area contributed by atoms with Crippen LogP contribution in [0.4, 0.5) is 5.69 Å². The highest BCUT2D eigenvalue weighted by atomic mass is 32.2. The van der Waals surface area contributed by atoms with Gasteiger partial charge in [0.15, 0.2) is 0 Å². The number of benzene rings is 2. The molecule has 0 bridgehead atoms. The Morgan fingerprint density at radius 3 is 2.27 bits per heavy atom. The van der Waals surface area contributed by atoms with Gasteiger partial charge in [-0.1, -0.05) is 60.3 Å². The second kappa shape index (κ2) is 8.73. The minimum Gasteiger partial charge on any atom is -0.337 e. The van der Waals surface area contributed by atoms with Gasteiger partial charge in [-0.2, -0.15) is 0 Å². The van der Waals surface area contributed by atoms with Crippen molar-refractivity contribution in [1.29, 1.82) is 5.41 Å². The van der Waals surface area contributed by atoms with Crippen molar-refractivity contribution in [2.45, 2.75) is 4.90 Å². The molecule has 1 N–H and O–H groups in total. The molecule has 0 aliphatic carbocycles. The van der Waals surface area contributed by atoms with E-state index in [0.717, 1.165) is 5.69 Å². The Hall–Kier alpha value is -2.48. The van der Waals surface area contributed by atoms with E-state index < -0.39 is 0 Å². The topological polar surface area (TPSA) is 27.1 Å². The van der Waals surface area contributed by atoms with E-state index in [0.29, 0.717) is 5.70 Å². The van der Waals surface area contributed by atoms with Crippen LogP contribution >= 0.6 is 11.8 Å². The molecule has 2 aromatic rings. The zero-order valence-electron chi connectivity index (χ0n) is 12.4. The normalized spacial score (nSPS) is 10.8. The van der Waals surface area contributed by atoms with Gasteiger partial charge in [-0.25, -0.2) is 0 Å². The molecule has 0 fully saturated rings. The van der Waals surface area contributed by atoms with E-state index in [1.165, 1.54) is 4.90 Å². The van der Waals surface area contributed by atoms with Gasteiger partial charge in [0.05, 0.1) is 0 Å². The van der Waals surface area contributed by atoms with E-state index in [-0.39, 0.29) is 0 Å². The summed E-state index contributed by atoms with van der Waals surface area (Å²) >= 11 is 1.66. The third-order valence-electron chi connectivity index (χ3n) is 3.02. The van der Waals surface area contributed by atoms with Crippen molar-refractivity contribution in [2.24, 2.45) is 0 Å². The van der Waals surface area contributed by atoms with Crippen LogP contribution in [0.3, 0.4) is 0 Å². The molecule has 22 heavy (non-hydrogen) atoms. The van der Waals surface area contributed by atoms with E-state index in [9.17, 15) is 0 Å². The van der Waals surface area contributed by atoms with Crippen LogP contribution in [0.15, 0.2) is 94.9 Å². The zero-order chi connectivity index (χ0) is 15.6. The Kier molecular flexibility index (Phi) is 6.31. The Morgan fingerprint density at radius 2 is 1.64 bits per heavy atom. The lowest BCUT2D eigenvalue weighted by molar-refractivity contribution is 1.15. The van der Waals surface area contributed by atoms with Crippen molar-refractivity contribution in [2.75, 3.05) is 11.9 Å². The molecule has 0 aliphatic heterocycles. The first-order valence-corrected chi connectivity index (χ1v) is 7.82. The Bertz CT molecular complexity index is 684. The van der Waals surface area contributed by atoms with Gasteiger partial charge in [0.25, 0.3) is 0 Å². The molecular weight excluding hydrogens is 288 g/mol.